The van der Waals surface area contributed by atoms with Gasteiger partial charge in [0.1, 0.15) is 12.3 Å². The lowest BCUT2D eigenvalue weighted by molar-refractivity contribution is -0.119. The molecule has 0 bridgehead atoms. The van der Waals surface area contributed by atoms with Gasteiger partial charge in [-0.05, 0) is 68.4 Å². The molecule has 0 saturated carbocycles. The van der Waals surface area contributed by atoms with E-state index in [1.165, 1.54) is 24.3 Å². The molecule has 8 nitrogen and oxygen atoms in total. The van der Waals surface area contributed by atoms with E-state index >= 15 is 0 Å². The maximum absolute atomic E-state index is 13.4. The van der Waals surface area contributed by atoms with Crippen LogP contribution >= 0.6 is 11.6 Å². The molecule has 1 aliphatic heterocycles. The normalized spacial score (nSPS) is 14.6. The summed E-state index contributed by atoms with van der Waals surface area (Å²) in [6.07, 6.45) is 0.777. The van der Waals surface area contributed by atoms with E-state index in [2.05, 4.69) is 10.2 Å². The van der Waals surface area contributed by atoms with Crippen LogP contribution in [0.25, 0.3) is 0 Å². The number of hydrogen-bond donors (Lipinski definition) is 1. The number of carbonyl (C=O) groups is 1. The Morgan fingerprint density at radius 2 is 1.79 bits per heavy atom. The molecule has 2 aromatic carbocycles. The Balaban J connectivity index is 1.69. The van der Waals surface area contributed by atoms with Crippen LogP contribution in [0.3, 0.4) is 0 Å². The topological polar surface area (TPSA) is 88.2 Å². The van der Waals surface area contributed by atoms with Crippen molar-refractivity contribution in [1.29, 1.82) is 0 Å². The minimum absolute atomic E-state index is 0.0564. The summed E-state index contributed by atoms with van der Waals surface area (Å²) in [5.41, 5.74) is 0.372. The van der Waals surface area contributed by atoms with E-state index in [0.717, 1.165) is 43.6 Å². The van der Waals surface area contributed by atoms with Gasteiger partial charge in [0.05, 0.1) is 30.4 Å². The molecule has 180 valence electrons. The number of morpholine rings is 1. The zero-order chi connectivity index (χ0) is 23.7. The van der Waals surface area contributed by atoms with Crippen LogP contribution in [0.1, 0.15) is 13.3 Å². The first-order chi connectivity index (χ1) is 15.9. The molecule has 10 heteroatoms. The summed E-state index contributed by atoms with van der Waals surface area (Å²) in [6.45, 7) is 6.59. The van der Waals surface area contributed by atoms with Crippen LogP contribution in [0.15, 0.2) is 53.4 Å². The first-order valence-corrected chi connectivity index (χ1v) is 12.8. The van der Waals surface area contributed by atoms with Crippen LogP contribution < -0.4 is 14.4 Å². The lowest BCUT2D eigenvalue weighted by Gasteiger charge is -2.26. The number of hydrogen-bond acceptors (Lipinski definition) is 6. The smallest absolute Gasteiger partial charge is 0.264 e. The second kappa shape index (κ2) is 12.2. The van der Waals surface area contributed by atoms with Gasteiger partial charge in [0.15, 0.2) is 0 Å². The zero-order valence-electron chi connectivity index (χ0n) is 18.7. The molecule has 33 heavy (non-hydrogen) atoms. The molecule has 3 rings (SSSR count). The van der Waals surface area contributed by atoms with Crippen LogP contribution in [-0.4, -0.2) is 71.8 Å². The zero-order valence-corrected chi connectivity index (χ0v) is 20.3. The number of sulfonamides is 1. The lowest BCUT2D eigenvalue weighted by atomic mass is 10.3. The van der Waals surface area contributed by atoms with Gasteiger partial charge in [0.2, 0.25) is 5.91 Å². The summed E-state index contributed by atoms with van der Waals surface area (Å²) in [5, 5.41) is 3.27. The van der Waals surface area contributed by atoms with Crippen molar-refractivity contribution in [3.63, 3.8) is 0 Å². The highest BCUT2D eigenvalue weighted by Gasteiger charge is 2.27. The highest BCUT2D eigenvalue weighted by molar-refractivity contribution is 7.92. The van der Waals surface area contributed by atoms with Gasteiger partial charge in [0.25, 0.3) is 10.0 Å². The molecular formula is C23H30ClN3O5S. The van der Waals surface area contributed by atoms with Gasteiger partial charge >= 0.3 is 0 Å². The van der Waals surface area contributed by atoms with Gasteiger partial charge in [-0.2, -0.15) is 0 Å². The van der Waals surface area contributed by atoms with Crippen LogP contribution in [0.5, 0.6) is 5.75 Å². The Hall–Kier alpha value is -2.33. The van der Waals surface area contributed by atoms with Crippen molar-refractivity contribution in [2.24, 2.45) is 0 Å². The number of amides is 1. The molecule has 0 aliphatic carbocycles. The van der Waals surface area contributed by atoms with Crippen molar-refractivity contribution in [2.45, 2.75) is 18.2 Å². The van der Waals surface area contributed by atoms with Crippen LogP contribution in [0.2, 0.25) is 5.02 Å². The molecule has 1 amide bonds. The highest BCUT2D eigenvalue weighted by Crippen LogP contribution is 2.26. The van der Waals surface area contributed by atoms with Crippen LogP contribution in [0, 0.1) is 0 Å². The monoisotopic (exact) mass is 495 g/mol. The Kier molecular flexibility index (Phi) is 9.37. The van der Waals surface area contributed by atoms with E-state index in [-0.39, 0.29) is 17.3 Å². The molecule has 1 saturated heterocycles. The third-order valence-corrected chi connectivity index (χ3v) is 7.24. The Labute approximate surface area is 200 Å². The highest BCUT2D eigenvalue weighted by atomic mass is 35.5. The first kappa shape index (κ1) is 25.3. The largest absolute Gasteiger partial charge is 0.494 e. The first-order valence-electron chi connectivity index (χ1n) is 11.0. The van der Waals surface area contributed by atoms with Crippen LogP contribution in [0.4, 0.5) is 5.69 Å². The average Bonchev–Trinajstić information content (AvgIpc) is 2.82. The number of nitrogens with zero attached hydrogens (tertiary/aromatic N) is 2. The van der Waals surface area contributed by atoms with Crippen molar-refractivity contribution < 1.29 is 22.7 Å². The number of anilines is 1. The molecule has 0 unspecified atom stereocenters. The fourth-order valence-corrected chi connectivity index (χ4v) is 5.01. The van der Waals surface area contributed by atoms with Gasteiger partial charge in [-0.25, -0.2) is 8.42 Å². The number of rotatable bonds is 11. The van der Waals surface area contributed by atoms with E-state index in [0.29, 0.717) is 29.6 Å². The minimum Gasteiger partial charge on any atom is -0.494 e. The molecule has 0 spiro atoms. The lowest BCUT2D eigenvalue weighted by Crippen LogP contribution is -2.42. The Bertz CT molecular complexity index is 994. The molecule has 1 fully saturated rings. The number of nitrogens with one attached hydrogen (secondary N) is 1. The fourth-order valence-electron chi connectivity index (χ4n) is 3.47. The number of ether oxygens (including phenoxy) is 2. The molecule has 1 heterocycles. The van der Waals surface area contributed by atoms with E-state index in [1.807, 2.05) is 6.92 Å². The summed E-state index contributed by atoms with van der Waals surface area (Å²) in [4.78, 5) is 15.0. The molecule has 1 aliphatic rings. The van der Waals surface area contributed by atoms with Crippen molar-refractivity contribution >= 4 is 33.2 Å². The second-order valence-corrected chi connectivity index (χ2v) is 9.85. The predicted octanol–water partition coefficient (Wildman–Crippen LogP) is 2.77. The minimum atomic E-state index is -3.99. The average molecular weight is 496 g/mol. The Morgan fingerprint density at radius 3 is 2.42 bits per heavy atom. The quantitative estimate of drug-likeness (QED) is 0.482. The van der Waals surface area contributed by atoms with Gasteiger partial charge in [0, 0.05) is 24.7 Å². The molecular weight excluding hydrogens is 466 g/mol. The van der Waals surface area contributed by atoms with Crippen LogP contribution in [-0.2, 0) is 19.6 Å². The Morgan fingerprint density at radius 1 is 1.12 bits per heavy atom. The van der Waals surface area contributed by atoms with Crippen molar-refractivity contribution in [2.75, 3.05) is 56.8 Å². The maximum Gasteiger partial charge on any atom is 0.264 e. The van der Waals surface area contributed by atoms with E-state index in [4.69, 9.17) is 21.1 Å². The number of benzene rings is 2. The molecule has 2 aromatic rings. The van der Waals surface area contributed by atoms with E-state index in [9.17, 15) is 13.2 Å². The fraction of sp³-hybridized carbons (Fsp3) is 0.435. The van der Waals surface area contributed by atoms with Crippen molar-refractivity contribution in [3.8, 4) is 5.75 Å². The molecule has 1 N–H and O–H groups in total. The van der Waals surface area contributed by atoms with Gasteiger partial charge in [-0.3, -0.25) is 14.0 Å². The summed E-state index contributed by atoms with van der Waals surface area (Å²) in [7, 11) is -3.99. The standard InChI is InChI=1S/C23H30ClN3O5S/c1-2-32-21-8-6-20(7-9-21)27(33(29,30)22-10-4-19(24)5-11-22)18-23(28)25-12-3-13-26-14-16-31-17-15-26/h4-11H,2-3,12-18H2,1H3,(H,25,28). The maximum atomic E-state index is 13.4. The van der Waals surface area contributed by atoms with Crippen molar-refractivity contribution in [3.05, 3.63) is 53.6 Å². The van der Waals surface area contributed by atoms with Gasteiger partial charge < -0.3 is 14.8 Å². The third-order valence-electron chi connectivity index (χ3n) is 5.20. The van der Waals surface area contributed by atoms with Gasteiger partial charge in [-0.15, -0.1) is 0 Å². The summed E-state index contributed by atoms with van der Waals surface area (Å²) in [6, 6.07) is 12.5. The van der Waals surface area contributed by atoms with Crippen molar-refractivity contribution in [1.82, 2.24) is 10.2 Å². The molecule has 0 atom stereocenters. The summed E-state index contributed by atoms with van der Waals surface area (Å²) >= 11 is 5.92. The third kappa shape index (κ3) is 7.33. The van der Waals surface area contributed by atoms with E-state index in [1.54, 1.807) is 24.3 Å². The molecule has 0 aromatic heterocycles. The summed E-state index contributed by atoms with van der Waals surface area (Å²) < 4.78 is 38.6. The van der Waals surface area contributed by atoms with Gasteiger partial charge in [-0.1, -0.05) is 11.6 Å². The predicted molar refractivity (Wildman–Crippen MR) is 128 cm³/mol. The SMILES string of the molecule is CCOc1ccc(N(CC(=O)NCCCN2CCOCC2)S(=O)(=O)c2ccc(Cl)cc2)cc1. The number of halogens is 1. The van der Waals surface area contributed by atoms with E-state index < -0.39 is 10.0 Å². The number of carbonyl (C=O) groups excluding carboxylic acids is 1. The summed E-state index contributed by atoms with van der Waals surface area (Å²) in [5.74, 6) is 0.251. The molecule has 0 radical (unpaired) electrons. The second-order valence-electron chi connectivity index (χ2n) is 7.55.